The number of hydrogen-bond acceptors (Lipinski definition) is 1. The molecule has 1 unspecified atom stereocenters. The Bertz CT molecular complexity index is 808. The van der Waals surface area contributed by atoms with Crippen molar-refractivity contribution in [2.45, 2.75) is 19.4 Å². The van der Waals surface area contributed by atoms with Crippen LogP contribution in [0.2, 0.25) is 0 Å². The standard InChI is InChI=1S/C18H17BrN2O/c1-2-18(21(22)12-13-6-4-3-5-7-13)16-11-20-17-9-8-14(19)10-15(16)17/h3-12,18,20H,2H2,1H3/b21-12-. The maximum absolute atomic E-state index is 12.6. The number of nitrogens with one attached hydrogen (secondary N) is 1. The normalized spacial score (nSPS) is 13.5. The van der Waals surface area contributed by atoms with Gasteiger partial charge in [-0.3, -0.25) is 0 Å². The van der Waals surface area contributed by atoms with Gasteiger partial charge in [-0.15, -0.1) is 0 Å². The van der Waals surface area contributed by atoms with Crippen molar-refractivity contribution in [3.8, 4) is 0 Å². The van der Waals surface area contributed by atoms with Gasteiger partial charge in [0.1, 0.15) is 0 Å². The van der Waals surface area contributed by atoms with E-state index in [2.05, 4.69) is 27.0 Å². The van der Waals surface area contributed by atoms with E-state index in [4.69, 9.17) is 0 Å². The number of halogens is 1. The van der Waals surface area contributed by atoms with Crippen LogP contribution in [0.1, 0.15) is 30.5 Å². The van der Waals surface area contributed by atoms with Gasteiger partial charge in [0.15, 0.2) is 12.3 Å². The maximum Gasteiger partial charge on any atom is 0.190 e. The lowest BCUT2D eigenvalue weighted by atomic mass is 10.0. The van der Waals surface area contributed by atoms with E-state index in [0.29, 0.717) is 0 Å². The van der Waals surface area contributed by atoms with Crippen molar-refractivity contribution in [1.82, 2.24) is 4.98 Å². The number of rotatable bonds is 4. The number of aromatic amines is 1. The van der Waals surface area contributed by atoms with E-state index in [1.54, 1.807) is 6.21 Å². The minimum absolute atomic E-state index is 0.205. The van der Waals surface area contributed by atoms with Crippen LogP contribution in [0.25, 0.3) is 10.9 Å². The molecule has 2 aromatic carbocycles. The molecule has 1 N–H and O–H groups in total. The molecule has 0 aliphatic rings. The second-order valence-corrected chi connectivity index (χ2v) is 6.17. The molecule has 4 heteroatoms. The largest absolute Gasteiger partial charge is 0.623 e. The molecular weight excluding hydrogens is 340 g/mol. The molecule has 1 aromatic heterocycles. The fraction of sp³-hybridized carbons (Fsp3) is 0.167. The lowest BCUT2D eigenvalue weighted by Gasteiger charge is -2.15. The molecule has 0 aliphatic carbocycles. The number of fused-ring (bicyclic) bond motifs is 1. The Hall–Kier alpha value is -2.07. The molecule has 3 nitrogen and oxygen atoms in total. The zero-order valence-electron chi connectivity index (χ0n) is 12.3. The Labute approximate surface area is 138 Å². The zero-order valence-corrected chi connectivity index (χ0v) is 13.9. The van der Waals surface area contributed by atoms with Crippen LogP contribution >= 0.6 is 15.9 Å². The summed E-state index contributed by atoms with van der Waals surface area (Å²) in [6.07, 6.45) is 4.34. The third kappa shape index (κ3) is 2.92. The van der Waals surface area contributed by atoms with Gasteiger partial charge >= 0.3 is 0 Å². The third-order valence-corrected chi connectivity index (χ3v) is 4.30. The molecule has 3 aromatic rings. The lowest BCUT2D eigenvalue weighted by Crippen LogP contribution is -2.13. The van der Waals surface area contributed by atoms with Crippen molar-refractivity contribution in [1.29, 1.82) is 0 Å². The molecule has 1 atom stereocenters. The molecule has 1 heterocycles. The average Bonchev–Trinajstić information content (AvgIpc) is 2.92. The maximum atomic E-state index is 12.6. The second-order valence-electron chi connectivity index (χ2n) is 5.26. The zero-order chi connectivity index (χ0) is 15.5. The van der Waals surface area contributed by atoms with Crippen molar-refractivity contribution < 1.29 is 4.74 Å². The molecular formula is C18H17BrN2O. The van der Waals surface area contributed by atoms with Crippen molar-refractivity contribution in [3.05, 3.63) is 75.5 Å². The summed E-state index contributed by atoms with van der Waals surface area (Å²) in [4.78, 5) is 3.25. The van der Waals surface area contributed by atoms with Crippen LogP contribution in [-0.4, -0.2) is 15.9 Å². The first-order valence-electron chi connectivity index (χ1n) is 7.31. The summed E-state index contributed by atoms with van der Waals surface area (Å²) in [5.74, 6) is 0. The molecule has 0 spiro atoms. The van der Waals surface area contributed by atoms with Gasteiger partial charge in [0, 0.05) is 39.1 Å². The quantitative estimate of drug-likeness (QED) is 0.303. The number of H-pyrrole nitrogens is 1. The van der Waals surface area contributed by atoms with Crippen molar-refractivity contribution >= 4 is 33.0 Å². The van der Waals surface area contributed by atoms with E-state index in [0.717, 1.165) is 37.7 Å². The summed E-state index contributed by atoms with van der Waals surface area (Å²) in [5.41, 5.74) is 2.99. The Morgan fingerprint density at radius 2 is 2.00 bits per heavy atom. The van der Waals surface area contributed by atoms with Gasteiger partial charge in [0.2, 0.25) is 0 Å². The molecule has 22 heavy (non-hydrogen) atoms. The second kappa shape index (κ2) is 6.36. The van der Waals surface area contributed by atoms with Gasteiger partial charge < -0.3 is 10.2 Å². The third-order valence-electron chi connectivity index (χ3n) is 3.80. The predicted molar refractivity (Wildman–Crippen MR) is 94.3 cm³/mol. The number of benzene rings is 2. The first-order chi connectivity index (χ1) is 10.7. The van der Waals surface area contributed by atoms with Gasteiger partial charge in [0.05, 0.1) is 0 Å². The van der Waals surface area contributed by atoms with Gasteiger partial charge in [-0.05, 0) is 30.3 Å². The minimum Gasteiger partial charge on any atom is -0.623 e. The lowest BCUT2D eigenvalue weighted by molar-refractivity contribution is -0.503. The van der Waals surface area contributed by atoms with E-state index in [-0.39, 0.29) is 6.04 Å². The fourth-order valence-electron chi connectivity index (χ4n) is 2.70. The van der Waals surface area contributed by atoms with E-state index in [1.165, 1.54) is 0 Å². The van der Waals surface area contributed by atoms with Gasteiger partial charge in [-0.2, -0.15) is 0 Å². The Morgan fingerprint density at radius 3 is 2.73 bits per heavy atom. The average molecular weight is 357 g/mol. The fourth-order valence-corrected chi connectivity index (χ4v) is 3.06. The minimum atomic E-state index is -0.205. The monoisotopic (exact) mass is 356 g/mol. The first-order valence-corrected chi connectivity index (χ1v) is 8.10. The van der Waals surface area contributed by atoms with Crippen LogP contribution < -0.4 is 0 Å². The SMILES string of the molecule is CCC(c1c[nH]c2ccc(Br)cc12)/[N+]([O-])=C/c1ccccc1. The summed E-state index contributed by atoms with van der Waals surface area (Å²) in [6.45, 7) is 2.03. The summed E-state index contributed by atoms with van der Waals surface area (Å²) < 4.78 is 2.07. The summed E-state index contributed by atoms with van der Waals surface area (Å²) in [7, 11) is 0. The van der Waals surface area contributed by atoms with Crippen LogP contribution in [0.3, 0.4) is 0 Å². The Kier molecular flexibility index (Phi) is 4.29. The van der Waals surface area contributed by atoms with Crippen LogP contribution in [0.5, 0.6) is 0 Å². The summed E-state index contributed by atoms with van der Waals surface area (Å²) >= 11 is 3.50. The number of hydrogen-bond donors (Lipinski definition) is 1. The number of nitrogens with zero attached hydrogens (tertiary/aromatic N) is 1. The van der Waals surface area contributed by atoms with Crippen LogP contribution in [0.4, 0.5) is 0 Å². The van der Waals surface area contributed by atoms with Crippen molar-refractivity contribution in [2.24, 2.45) is 0 Å². The molecule has 0 amide bonds. The molecule has 112 valence electrons. The highest BCUT2D eigenvalue weighted by atomic mass is 79.9. The highest BCUT2D eigenvalue weighted by Gasteiger charge is 2.20. The van der Waals surface area contributed by atoms with Crippen LogP contribution in [0, 0.1) is 5.21 Å². The van der Waals surface area contributed by atoms with Gasteiger partial charge in [0.25, 0.3) is 0 Å². The van der Waals surface area contributed by atoms with Crippen molar-refractivity contribution in [3.63, 3.8) is 0 Å². The Balaban J connectivity index is 2.02. The summed E-state index contributed by atoms with van der Waals surface area (Å²) in [5, 5.41) is 13.7. The molecule has 3 rings (SSSR count). The van der Waals surface area contributed by atoms with E-state index in [1.807, 2.05) is 55.6 Å². The van der Waals surface area contributed by atoms with E-state index in [9.17, 15) is 5.21 Å². The molecule has 0 saturated carbocycles. The molecule has 0 fully saturated rings. The molecule has 0 aliphatic heterocycles. The van der Waals surface area contributed by atoms with Crippen LogP contribution in [0.15, 0.2) is 59.2 Å². The Morgan fingerprint density at radius 1 is 1.23 bits per heavy atom. The van der Waals surface area contributed by atoms with Crippen molar-refractivity contribution in [2.75, 3.05) is 0 Å². The number of aromatic nitrogens is 1. The summed E-state index contributed by atoms with van der Waals surface area (Å²) in [6, 6.07) is 15.5. The smallest absolute Gasteiger partial charge is 0.190 e. The van der Waals surface area contributed by atoms with Gasteiger partial charge in [-0.1, -0.05) is 41.1 Å². The van der Waals surface area contributed by atoms with Crippen LogP contribution in [-0.2, 0) is 0 Å². The highest BCUT2D eigenvalue weighted by molar-refractivity contribution is 9.10. The van der Waals surface area contributed by atoms with E-state index >= 15 is 0 Å². The first kappa shape index (κ1) is 14.9. The number of hydroxylamine groups is 1. The molecule has 0 radical (unpaired) electrons. The van der Waals surface area contributed by atoms with E-state index < -0.39 is 0 Å². The highest BCUT2D eigenvalue weighted by Crippen LogP contribution is 2.30. The molecule has 0 saturated heterocycles. The topological polar surface area (TPSA) is 41.9 Å². The predicted octanol–water partition coefficient (Wildman–Crippen LogP) is 5.01. The van der Waals surface area contributed by atoms with Gasteiger partial charge in [-0.25, -0.2) is 4.74 Å². The molecule has 0 bridgehead atoms.